The molecule has 0 fully saturated rings. The maximum absolute atomic E-state index is 14.7. The Kier molecular flexibility index (Phi) is 15.9. The van der Waals surface area contributed by atoms with Crippen molar-refractivity contribution in [3.8, 4) is 11.8 Å². The van der Waals surface area contributed by atoms with E-state index in [9.17, 15) is 32.0 Å². The zero-order valence-electron chi connectivity index (χ0n) is 26.5. The van der Waals surface area contributed by atoms with E-state index in [0.29, 0.717) is 30.7 Å². The standard InChI is InChI=1S/C31H33ClFN3O8S.Na.H/c1-36(14-16-45(41,42)43)27(37)8-4-2-3-5-9-28(38)44-15-6-7-22-17-24-29(26(33)18-22)34-20-25(30(24)39)31(40)35-19-21-10-12-23(32)13-11-21;;/h10-13,17-18,20H,2-5,8-9,14-16,19H2,1H3,(H,34,39)(H,35,40)(H,41,42,43);;/q;+1;-1. The predicted molar refractivity (Wildman–Crippen MR) is 168 cm³/mol. The predicted octanol–water partition coefficient (Wildman–Crippen LogP) is 0.949. The molecule has 0 aliphatic carbocycles. The molecule has 11 nitrogen and oxygen atoms in total. The summed E-state index contributed by atoms with van der Waals surface area (Å²) in [4.78, 5) is 53.5. The third-order valence-corrected chi connectivity index (χ3v) is 7.67. The molecule has 0 saturated carbocycles. The summed E-state index contributed by atoms with van der Waals surface area (Å²) in [6.07, 6.45) is 3.99. The van der Waals surface area contributed by atoms with Crippen LogP contribution in [0.5, 0.6) is 0 Å². The van der Waals surface area contributed by atoms with Crippen LogP contribution in [0.2, 0.25) is 5.02 Å². The Labute approximate surface area is 294 Å². The van der Waals surface area contributed by atoms with Gasteiger partial charge in [0.25, 0.3) is 16.0 Å². The number of fused-ring (bicyclic) bond motifs is 1. The molecular formula is C31H34ClFN3NaO8S. The molecule has 46 heavy (non-hydrogen) atoms. The number of unbranched alkanes of at least 4 members (excludes halogenated alkanes) is 3. The molecule has 2 amide bonds. The number of halogens is 2. The zero-order chi connectivity index (χ0) is 33.0. The minimum atomic E-state index is -4.13. The van der Waals surface area contributed by atoms with Crippen LogP contribution in [0.1, 0.15) is 61.4 Å². The van der Waals surface area contributed by atoms with Gasteiger partial charge in [0.1, 0.15) is 11.4 Å². The summed E-state index contributed by atoms with van der Waals surface area (Å²) in [5.41, 5.74) is 0.0174. The van der Waals surface area contributed by atoms with Gasteiger partial charge in [0.15, 0.2) is 6.61 Å². The number of aromatic nitrogens is 1. The topological polar surface area (TPSA) is 163 Å². The summed E-state index contributed by atoms with van der Waals surface area (Å²) >= 11 is 5.87. The molecule has 0 atom stereocenters. The smallest absolute Gasteiger partial charge is 1.00 e. The van der Waals surface area contributed by atoms with Crippen LogP contribution in [0, 0.1) is 17.7 Å². The number of ether oxygens (including phenoxy) is 1. The monoisotopic (exact) mass is 685 g/mol. The second kappa shape index (κ2) is 18.8. The van der Waals surface area contributed by atoms with E-state index in [0.717, 1.165) is 17.8 Å². The minimum absolute atomic E-state index is 0. The summed E-state index contributed by atoms with van der Waals surface area (Å²) in [6.45, 7) is -0.173. The van der Waals surface area contributed by atoms with Crippen LogP contribution in [0.15, 0.2) is 47.4 Å². The molecule has 0 aliphatic heterocycles. The Bertz CT molecular complexity index is 1780. The van der Waals surface area contributed by atoms with Crippen LogP contribution < -0.4 is 40.3 Å². The second-order valence-electron chi connectivity index (χ2n) is 10.2. The Morgan fingerprint density at radius 3 is 2.46 bits per heavy atom. The van der Waals surface area contributed by atoms with Crippen LogP contribution in [-0.2, 0) is 31.0 Å². The summed E-state index contributed by atoms with van der Waals surface area (Å²) in [5.74, 6) is 2.70. The first-order valence-electron chi connectivity index (χ1n) is 14.1. The molecule has 0 bridgehead atoms. The van der Waals surface area contributed by atoms with Crippen molar-refractivity contribution >= 4 is 50.4 Å². The van der Waals surface area contributed by atoms with Crippen LogP contribution in [0.3, 0.4) is 0 Å². The number of H-pyrrole nitrogens is 1. The number of amides is 2. The van der Waals surface area contributed by atoms with Crippen LogP contribution >= 0.6 is 11.6 Å². The van der Waals surface area contributed by atoms with Crippen molar-refractivity contribution in [2.24, 2.45) is 0 Å². The van der Waals surface area contributed by atoms with E-state index in [4.69, 9.17) is 20.9 Å². The first-order chi connectivity index (χ1) is 21.3. The van der Waals surface area contributed by atoms with E-state index in [1.807, 2.05) is 0 Å². The first-order valence-corrected chi connectivity index (χ1v) is 16.0. The van der Waals surface area contributed by atoms with Crippen molar-refractivity contribution in [3.05, 3.63) is 80.3 Å². The third kappa shape index (κ3) is 12.9. The molecule has 0 radical (unpaired) electrons. The Hall–Kier alpha value is -3.25. The van der Waals surface area contributed by atoms with Crippen LogP contribution in [0.4, 0.5) is 4.39 Å². The fraction of sp³-hybridized carbons (Fsp3) is 0.355. The summed E-state index contributed by atoms with van der Waals surface area (Å²) in [6, 6.07) is 9.32. The van der Waals surface area contributed by atoms with Crippen molar-refractivity contribution < 1.29 is 67.5 Å². The molecule has 1 heterocycles. The number of esters is 1. The van der Waals surface area contributed by atoms with Crippen molar-refractivity contribution in [1.29, 1.82) is 0 Å². The number of nitrogens with one attached hydrogen (secondary N) is 2. The van der Waals surface area contributed by atoms with Gasteiger partial charge in [-0.1, -0.05) is 48.4 Å². The molecule has 2 aromatic carbocycles. The maximum Gasteiger partial charge on any atom is 1.00 e. The molecule has 0 aliphatic rings. The molecule has 1 aromatic heterocycles. The number of rotatable bonds is 14. The largest absolute Gasteiger partial charge is 1.00 e. The molecule has 0 unspecified atom stereocenters. The van der Waals surface area contributed by atoms with Gasteiger partial charge in [0.2, 0.25) is 11.3 Å². The van der Waals surface area contributed by atoms with E-state index in [-0.39, 0.29) is 91.5 Å². The van der Waals surface area contributed by atoms with Gasteiger partial charge in [-0.3, -0.25) is 23.7 Å². The van der Waals surface area contributed by atoms with Gasteiger partial charge in [-0.25, -0.2) is 4.39 Å². The second-order valence-corrected chi connectivity index (χ2v) is 12.2. The Morgan fingerprint density at radius 1 is 1.11 bits per heavy atom. The van der Waals surface area contributed by atoms with Gasteiger partial charge in [-0.2, -0.15) is 8.42 Å². The molecule has 0 spiro atoms. The van der Waals surface area contributed by atoms with Gasteiger partial charge in [0, 0.05) is 49.8 Å². The van der Waals surface area contributed by atoms with Crippen LogP contribution in [0.25, 0.3) is 10.9 Å². The van der Waals surface area contributed by atoms with Crippen molar-refractivity contribution in [3.63, 3.8) is 0 Å². The van der Waals surface area contributed by atoms with Crippen molar-refractivity contribution in [1.82, 2.24) is 15.2 Å². The van der Waals surface area contributed by atoms with Gasteiger partial charge in [-0.15, -0.1) is 0 Å². The maximum atomic E-state index is 14.7. The number of aromatic amines is 1. The quantitative estimate of drug-likeness (QED) is 0.0743. The van der Waals surface area contributed by atoms with E-state index in [1.54, 1.807) is 24.3 Å². The fourth-order valence-electron chi connectivity index (χ4n) is 4.20. The zero-order valence-corrected chi connectivity index (χ0v) is 29.1. The number of hydrogen-bond acceptors (Lipinski definition) is 7. The third-order valence-electron chi connectivity index (χ3n) is 6.72. The molecule has 15 heteroatoms. The van der Waals surface area contributed by atoms with E-state index >= 15 is 0 Å². The number of carbonyl (C=O) groups excluding carboxylic acids is 3. The normalized spacial score (nSPS) is 10.8. The first kappa shape index (κ1) is 38.9. The number of pyridine rings is 1. The Balaban J connectivity index is 0.00000552. The number of hydrogen-bond donors (Lipinski definition) is 3. The summed E-state index contributed by atoms with van der Waals surface area (Å²) < 4.78 is 50.1. The SMILES string of the molecule is CN(CCS(=O)(=O)O)C(=O)CCCCCCC(=O)OCC#Cc1cc(F)c2[nH]cc(C(=O)NCc3ccc(Cl)cc3)c(=O)c2c1.[H-].[Na+]. The number of nitrogens with zero attached hydrogens (tertiary/aromatic N) is 1. The molecule has 3 rings (SSSR count). The van der Waals surface area contributed by atoms with Gasteiger partial charge in [0.05, 0.1) is 16.7 Å². The average molecular weight is 686 g/mol. The summed E-state index contributed by atoms with van der Waals surface area (Å²) in [5, 5.41) is 3.15. The van der Waals surface area contributed by atoms with E-state index < -0.39 is 39.0 Å². The molecule has 3 aromatic rings. The van der Waals surface area contributed by atoms with Crippen LogP contribution in [-0.4, -0.2) is 66.6 Å². The molecule has 0 saturated heterocycles. The number of benzene rings is 2. The minimum Gasteiger partial charge on any atom is -1.00 e. The molecular weight excluding hydrogens is 652 g/mol. The van der Waals surface area contributed by atoms with E-state index in [2.05, 4.69) is 22.1 Å². The fourth-order valence-corrected chi connectivity index (χ4v) is 4.83. The number of carbonyl (C=O) groups is 3. The van der Waals surface area contributed by atoms with Gasteiger partial charge in [-0.05, 0) is 42.7 Å². The van der Waals surface area contributed by atoms with E-state index in [1.165, 1.54) is 18.0 Å². The summed E-state index contributed by atoms with van der Waals surface area (Å²) in [7, 11) is -2.67. The molecule has 3 N–H and O–H groups in total. The van der Waals surface area contributed by atoms with Gasteiger partial charge >= 0.3 is 35.5 Å². The molecule has 242 valence electrons. The Morgan fingerprint density at radius 2 is 1.78 bits per heavy atom. The van der Waals surface area contributed by atoms with Crippen molar-refractivity contribution in [2.75, 3.05) is 26.0 Å². The van der Waals surface area contributed by atoms with Gasteiger partial charge < -0.3 is 21.4 Å². The average Bonchev–Trinajstić information content (AvgIpc) is 2.99. The van der Waals surface area contributed by atoms with Crippen molar-refractivity contribution in [2.45, 2.75) is 45.1 Å².